The number of hydrogen-bond donors (Lipinski definition) is 2. The van der Waals surface area contributed by atoms with Crippen LogP contribution in [0.4, 0.5) is 5.69 Å². The van der Waals surface area contributed by atoms with Crippen LogP contribution in [0.1, 0.15) is 10.5 Å². The molecule has 2 N–H and O–H groups in total. The van der Waals surface area contributed by atoms with Gasteiger partial charge in [0, 0.05) is 11.2 Å². The smallest absolute Gasteiger partial charge is 0.356 e. The average Bonchev–Trinajstić information content (AvgIpc) is 3.26. The Kier molecular flexibility index (Phi) is 4.52. The van der Waals surface area contributed by atoms with Crippen LogP contribution >= 0.6 is 11.6 Å². The highest BCUT2D eigenvalue weighted by molar-refractivity contribution is 6.31. The molecule has 1 aromatic carbocycles. The van der Waals surface area contributed by atoms with Crippen molar-refractivity contribution >= 4 is 29.2 Å². The van der Waals surface area contributed by atoms with Crippen LogP contribution in [0, 0.1) is 0 Å². The average molecular weight is 347 g/mol. The van der Waals surface area contributed by atoms with Crippen LogP contribution < -0.4 is 5.32 Å². The first-order chi connectivity index (χ1) is 11.6. The van der Waals surface area contributed by atoms with Crippen molar-refractivity contribution in [2.45, 2.75) is 0 Å². The quantitative estimate of drug-likeness (QED) is 0.675. The molecule has 0 saturated carbocycles. The van der Waals surface area contributed by atoms with E-state index >= 15 is 0 Å². The number of amides is 1. The predicted molar refractivity (Wildman–Crippen MR) is 83.9 cm³/mol. The van der Waals surface area contributed by atoms with E-state index in [1.807, 2.05) is 0 Å². The van der Waals surface area contributed by atoms with E-state index in [-0.39, 0.29) is 5.69 Å². The van der Waals surface area contributed by atoms with Crippen LogP contribution in [-0.4, -0.2) is 43.4 Å². The summed E-state index contributed by atoms with van der Waals surface area (Å²) in [5, 5.41) is 13.2. The molecule has 0 atom stereocenters. The van der Waals surface area contributed by atoms with Crippen molar-refractivity contribution in [3.63, 3.8) is 0 Å². The van der Waals surface area contributed by atoms with E-state index in [1.54, 1.807) is 18.2 Å². The number of anilines is 1. The zero-order valence-electron chi connectivity index (χ0n) is 12.1. The molecule has 0 aliphatic carbocycles. The van der Waals surface area contributed by atoms with Gasteiger partial charge in [-0.15, -0.1) is 0 Å². The van der Waals surface area contributed by atoms with Gasteiger partial charge in [-0.2, -0.15) is 10.2 Å². The van der Waals surface area contributed by atoms with Crippen LogP contribution in [-0.2, 0) is 9.53 Å². The lowest BCUT2D eigenvalue weighted by atomic mass is 10.2. The summed E-state index contributed by atoms with van der Waals surface area (Å²) in [4.78, 5) is 27.5. The van der Waals surface area contributed by atoms with Gasteiger partial charge in [-0.25, -0.2) is 14.5 Å². The van der Waals surface area contributed by atoms with E-state index in [0.717, 1.165) is 0 Å². The zero-order chi connectivity index (χ0) is 16.9. The normalized spacial score (nSPS) is 10.4. The maximum atomic E-state index is 12.0. The number of aromatic amines is 1. The lowest BCUT2D eigenvalue weighted by molar-refractivity contribution is -0.119. The highest BCUT2D eigenvalue weighted by Crippen LogP contribution is 2.23. The minimum atomic E-state index is -0.676. The minimum Gasteiger partial charge on any atom is -0.451 e. The highest BCUT2D eigenvalue weighted by atomic mass is 35.5. The van der Waals surface area contributed by atoms with Gasteiger partial charge in [0.1, 0.15) is 18.3 Å². The first-order valence-electron chi connectivity index (χ1n) is 6.74. The first kappa shape index (κ1) is 15.7. The molecule has 0 bridgehead atoms. The predicted octanol–water partition coefficient (Wildman–Crippen LogP) is 1.44. The fraction of sp³-hybridized carbons (Fsp3) is 0.0714. The zero-order valence-corrected chi connectivity index (χ0v) is 12.9. The molecule has 0 spiro atoms. The molecular weight excluding hydrogens is 336 g/mol. The second kappa shape index (κ2) is 6.92. The van der Waals surface area contributed by atoms with Crippen LogP contribution in [0.15, 0.2) is 43.1 Å². The Balaban J connectivity index is 1.68. The molecule has 3 aromatic rings. The number of nitrogens with one attached hydrogen (secondary N) is 2. The number of rotatable bonds is 5. The largest absolute Gasteiger partial charge is 0.451 e. The van der Waals surface area contributed by atoms with Crippen molar-refractivity contribution in [3.8, 4) is 5.69 Å². The Morgan fingerprint density at radius 1 is 1.33 bits per heavy atom. The van der Waals surface area contributed by atoms with E-state index in [0.29, 0.717) is 16.4 Å². The summed E-state index contributed by atoms with van der Waals surface area (Å²) in [5.74, 6) is -1.20. The molecule has 0 fully saturated rings. The fourth-order valence-corrected chi connectivity index (χ4v) is 2.08. The van der Waals surface area contributed by atoms with Gasteiger partial charge in [0.2, 0.25) is 0 Å². The van der Waals surface area contributed by atoms with Crippen molar-refractivity contribution < 1.29 is 14.3 Å². The fourth-order valence-electron chi connectivity index (χ4n) is 1.91. The number of aromatic nitrogens is 5. The monoisotopic (exact) mass is 346 g/mol. The first-order valence-corrected chi connectivity index (χ1v) is 7.12. The second-order valence-electron chi connectivity index (χ2n) is 4.60. The standard InChI is InChI=1S/C14H11ClN6O3/c15-9-1-2-12(21-8-16-7-18-21)11(5-9)19-13(22)6-24-14(23)10-3-4-17-20-10/h1-5,7-8H,6H2,(H,17,20)(H,19,22). The molecule has 0 radical (unpaired) electrons. The number of ether oxygens (including phenoxy) is 1. The Morgan fingerprint density at radius 3 is 2.92 bits per heavy atom. The Morgan fingerprint density at radius 2 is 2.21 bits per heavy atom. The third-order valence-electron chi connectivity index (χ3n) is 2.95. The Hall–Kier alpha value is -3.20. The van der Waals surface area contributed by atoms with E-state index in [4.69, 9.17) is 16.3 Å². The molecule has 10 heteroatoms. The molecule has 122 valence electrons. The molecule has 0 aliphatic rings. The number of carbonyl (C=O) groups is 2. The molecule has 1 amide bonds. The van der Waals surface area contributed by atoms with Crippen LogP contribution in [0.2, 0.25) is 5.02 Å². The molecule has 24 heavy (non-hydrogen) atoms. The lowest BCUT2D eigenvalue weighted by Gasteiger charge is -2.11. The molecular formula is C14H11ClN6O3. The van der Waals surface area contributed by atoms with Gasteiger partial charge in [-0.1, -0.05) is 11.6 Å². The summed E-state index contributed by atoms with van der Waals surface area (Å²) < 4.78 is 6.37. The number of nitrogens with zero attached hydrogens (tertiary/aromatic N) is 4. The Labute approximate surface area is 140 Å². The van der Waals surface area contributed by atoms with Crippen molar-refractivity contribution in [1.82, 2.24) is 25.0 Å². The molecule has 0 aliphatic heterocycles. The molecule has 2 aromatic heterocycles. The SMILES string of the molecule is O=C(COC(=O)c1ccn[nH]1)Nc1cc(Cl)ccc1-n1cncn1. The lowest BCUT2D eigenvalue weighted by Crippen LogP contribution is -2.22. The number of H-pyrrole nitrogens is 1. The Bertz CT molecular complexity index is 848. The van der Waals surface area contributed by atoms with Crippen molar-refractivity contribution in [1.29, 1.82) is 0 Å². The number of esters is 1. The number of hydrogen-bond acceptors (Lipinski definition) is 6. The topological polar surface area (TPSA) is 115 Å². The number of carbonyl (C=O) groups excluding carboxylic acids is 2. The minimum absolute atomic E-state index is 0.161. The summed E-state index contributed by atoms with van der Waals surface area (Å²) >= 11 is 5.96. The maximum absolute atomic E-state index is 12.0. The van der Waals surface area contributed by atoms with Crippen LogP contribution in [0.3, 0.4) is 0 Å². The number of benzene rings is 1. The molecule has 3 rings (SSSR count). The summed E-state index contributed by atoms with van der Waals surface area (Å²) in [7, 11) is 0. The van der Waals surface area contributed by atoms with Crippen molar-refractivity contribution in [3.05, 3.63) is 53.8 Å². The van der Waals surface area contributed by atoms with Crippen molar-refractivity contribution in [2.24, 2.45) is 0 Å². The third kappa shape index (κ3) is 3.58. The number of halogens is 1. The highest BCUT2D eigenvalue weighted by Gasteiger charge is 2.14. The summed E-state index contributed by atoms with van der Waals surface area (Å²) in [6.07, 6.45) is 4.26. The van der Waals surface area contributed by atoms with Gasteiger partial charge in [0.05, 0.1) is 11.4 Å². The van der Waals surface area contributed by atoms with Gasteiger partial charge in [0.15, 0.2) is 6.61 Å². The molecule has 0 saturated heterocycles. The summed E-state index contributed by atoms with van der Waals surface area (Å²) in [6.45, 7) is -0.457. The van der Waals surface area contributed by atoms with Gasteiger partial charge in [0.25, 0.3) is 5.91 Å². The van der Waals surface area contributed by atoms with E-state index in [2.05, 4.69) is 25.6 Å². The maximum Gasteiger partial charge on any atom is 0.356 e. The summed E-state index contributed by atoms with van der Waals surface area (Å²) in [6, 6.07) is 6.35. The summed E-state index contributed by atoms with van der Waals surface area (Å²) in [5.41, 5.74) is 1.15. The van der Waals surface area contributed by atoms with Gasteiger partial charge in [-0.05, 0) is 24.3 Å². The van der Waals surface area contributed by atoms with Gasteiger partial charge in [-0.3, -0.25) is 9.89 Å². The van der Waals surface area contributed by atoms with Crippen molar-refractivity contribution in [2.75, 3.05) is 11.9 Å². The molecule has 9 nitrogen and oxygen atoms in total. The molecule has 0 unspecified atom stereocenters. The van der Waals surface area contributed by atoms with Gasteiger partial charge >= 0.3 is 5.97 Å². The second-order valence-corrected chi connectivity index (χ2v) is 5.03. The van der Waals surface area contributed by atoms with Crippen LogP contribution in [0.25, 0.3) is 5.69 Å². The van der Waals surface area contributed by atoms with E-state index in [9.17, 15) is 9.59 Å². The third-order valence-corrected chi connectivity index (χ3v) is 3.19. The van der Waals surface area contributed by atoms with Crippen LogP contribution in [0.5, 0.6) is 0 Å². The van der Waals surface area contributed by atoms with Gasteiger partial charge < -0.3 is 10.1 Å². The molecule has 2 heterocycles. The van der Waals surface area contributed by atoms with E-state index in [1.165, 1.54) is 29.6 Å². The van der Waals surface area contributed by atoms with E-state index < -0.39 is 18.5 Å².